The van der Waals surface area contributed by atoms with Crippen molar-refractivity contribution in [3.8, 4) is 23.0 Å². The highest BCUT2D eigenvalue weighted by atomic mass is 19.2. The van der Waals surface area contributed by atoms with Gasteiger partial charge in [-0.3, -0.25) is 0 Å². The zero-order chi connectivity index (χ0) is 16.3. The third kappa shape index (κ3) is 3.16. The zero-order valence-corrected chi connectivity index (χ0v) is 11.2. The van der Waals surface area contributed by atoms with Crippen molar-refractivity contribution in [2.24, 2.45) is 0 Å². The molecule has 0 aliphatic heterocycles. The lowest BCUT2D eigenvalue weighted by Gasteiger charge is -2.11. The van der Waals surface area contributed by atoms with Crippen LogP contribution in [0.2, 0.25) is 0 Å². The van der Waals surface area contributed by atoms with Gasteiger partial charge in [-0.1, -0.05) is 0 Å². The van der Waals surface area contributed by atoms with E-state index < -0.39 is 41.6 Å². The van der Waals surface area contributed by atoms with Crippen LogP contribution in [-0.4, -0.2) is 19.0 Å². The first kappa shape index (κ1) is 15.7. The molecule has 0 spiro atoms. The number of methoxy groups -OCH3 is 1. The van der Waals surface area contributed by atoms with E-state index in [1.807, 2.05) is 0 Å². The molecule has 0 bridgehead atoms. The van der Waals surface area contributed by atoms with Crippen molar-refractivity contribution in [1.82, 2.24) is 0 Å². The molecule has 2 rings (SSSR count). The van der Waals surface area contributed by atoms with Gasteiger partial charge in [-0.25, -0.2) is 8.78 Å². The fraction of sp³-hybridized carbons (Fsp3) is 0.143. The van der Waals surface area contributed by atoms with Crippen LogP contribution in [0.25, 0.3) is 0 Å². The molecule has 4 nitrogen and oxygen atoms in total. The average molecular weight is 318 g/mol. The Morgan fingerprint density at radius 1 is 0.955 bits per heavy atom. The number of ether oxygens (including phenoxy) is 3. The molecule has 0 aromatic heterocycles. The van der Waals surface area contributed by atoms with Crippen molar-refractivity contribution >= 4 is 0 Å². The lowest BCUT2D eigenvalue weighted by Crippen LogP contribution is -2.08. The van der Waals surface area contributed by atoms with Gasteiger partial charge in [0.15, 0.2) is 28.9 Å². The van der Waals surface area contributed by atoms with Gasteiger partial charge in [-0.2, -0.15) is 8.78 Å². The molecule has 0 radical (unpaired) electrons. The lowest BCUT2D eigenvalue weighted by atomic mass is 10.3. The van der Waals surface area contributed by atoms with E-state index in [4.69, 9.17) is 14.6 Å². The lowest BCUT2D eigenvalue weighted by molar-refractivity contribution is 0.113. The second-order valence-corrected chi connectivity index (χ2v) is 4.04. The number of hydrogen-bond acceptors (Lipinski definition) is 4. The van der Waals surface area contributed by atoms with E-state index in [1.165, 1.54) is 0 Å². The molecule has 2 aromatic rings. The molecule has 0 fully saturated rings. The van der Waals surface area contributed by atoms with Gasteiger partial charge < -0.3 is 19.3 Å². The first-order valence-corrected chi connectivity index (χ1v) is 5.89. The summed E-state index contributed by atoms with van der Waals surface area (Å²) in [5, 5.41) is 9.09. The van der Waals surface area contributed by atoms with E-state index in [2.05, 4.69) is 4.74 Å². The van der Waals surface area contributed by atoms with Gasteiger partial charge in [0, 0.05) is 12.1 Å². The summed E-state index contributed by atoms with van der Waals surface area (Å²) in [5.41, 5.74) is 0. The number of rotatable bonds is 5. The normalized spacial score (nSPS) is 10.4. The molecule has 118 valence electrons. The summed E-state index contributed by atoms with van der Waals surface area (Å²) in [5.74, 6) is -6.85. The fourth-order valence-electron chi connectivity index (χ4n) is 1.61. The number of hydrogen-bond donors (Lipinski definition) is 1. The van der Waals surface area contributed by atoms with Crippen LogP contribution in [0.3, 0.4) is 0 Å². The molecule has 0 unspecified atom stereocenters. The SMILES string of the molecule is COc1c(F)ccc(OCOc2cc(O)c(F)c(F)c2)c1F. The molecule has 0 amide bonds. The summed E-state index contributed by atoms with van der Waals surface area (Å²) in [6.45, 7) is -0.587. The summed E-state index contributed by atoms with van der Waals surface area (Å²) in [4.78, 5) is 0. The highest BCUT2D eigenvalue weighted by Crippen LogP contribution is 2.30. The Morgan fingerprint density at radius 3 is 2.32 bits per heavy atom. The summed E-state index contributed by atoms with van der Waals surface area (Å²) >= 11 is 0. The standard InChI is InChI=1S/C14H10F4O4/c1-20-14-8(15)2-3-11(13(14)18)22-6-21-7-4-9(16)12(17)10(19)5-7/h2-5,19H,6H2,1H3. The molecular formula is C14H10F4O4. The minimum atomic E-state index is -1.41. The minimum absolute atomic E-state index is 0.231. The quantitative estimate of drug-likeness (QED) is 0.678. The Kier molecular flexibility index (Phi) is 4.59. The summed E-state index contributed by atoms with van der Waals surface area (Å²) in [7, 11) is 1.09. The second kappa shape index (κ2) is 6.42. The summed E-state index contributed by atoms with van der Waals surface area (Å²) in [6, 6.07) is 3.45. The Bertz CT molecular complexity index is 668. The number of phenolic OH excluding ortho intramolecular Hbond substituents is 1. The highest BCUT2D eigenvalue weighted by molar-refractivity contribution is 5.37. The van der Waals surface area contributed by atoms with E-state index in [9.17, 15) is 17.6 Å². The van der Waals surface area contributed by atoms with Gasteiger partial charge in [-0.15, -0.1) is 0 Å². The molecule has 0 saturated carbocycles. The Hall–Kier alpha value is -2.64. The van der Waals surface area contributed by atoms with E-state index >= 15 is 0 Å². The van der Waals surface area contributed by atoms with E-state index in [0.29, 0.717) is 6.07 Å². The Morgan fingerprint density at radius 2 is 1.68 bits per heavy atom. The predicted octanol–water partition coefficient (Wildman–Crippen LogP) is 3.37. The first-order valence-electron chi connectivity index (χ1n) is 5.89. The molecular weight excluding hydrogens is 308 g/mol. The largest absolute Gasteiger partial charge is 0.505 e. The predicted molar refractivity (Wildman–Crippen MR) is 67.1 cm³/mol. The van der Waals surface area contributed by atoms with Crippen LogP contribution >= 0.6 is 0 Å². The topological polar surface area (TPSA) is 47.9 Å². The number of phenols is 1. The van der Waals surface area contributed by atoms with Gasteiger partial charge in [0.2, 0.25) is 18.4 Å². The van der Waals surface area contributed by atoms with Gasteiger partial charge >= 0.3 is 0 Å². The third-order valence-corrected chi connectivity index (χ3v) is 2.64. The molecule has 1 N–H and O–H groups in total. The van der Waals surface area contributed by atoms with Gasteiger partial charge in [0.1, 0.15) is 5.75 Å². The molecule has 22 heavy (non-hydrogen) atoms. The van der Waals surface area contributed by atoms with Gasteiger partial charge in [0.05, 0.1) is 7.11 Å². The van der Waals surface area contributed by atoms with E-state index in [1.54, 1.807) is 0 Å². The smallest absolute Gasteiger partial charge is 0.231 e. The monoisotopic (exact) mass is 318 g/mol. The maximum Gasteiger partial charge on any atom is 0.231 e. The van der Waals surface area contributed by atoms with Gasteiger partial charge in [-0.05, 0) is 12.1 Å². The summed E-state index contributed by atoms with van der Waals surface area (Å²) in [6.07, 6.45) is 0. The fourth-order valence-corrected chi connectivity index (χ4v) is 1.61. The number of benzene rings is 2. The zero-order valence-electron chi connectivity index (χ0n) is 11.2. The molecule has 8 heteroatoms. The van der Waals surface area contributed by atoms with Crippen molar-refractivity contribution < 1.29 is 36.9 Å². The molecule has 0 heterocycles. The van der Waals surface area contributed by atoms with Crippen LogP contribution in [-0.2, 0) is 0 Å². The van der Waals surface area contributed by atoms with Gasteiger partial charge in [0.25, 0.3) is 0 Å². The molecule has 0 atom stereocenters. The van der Waals surface area contributed by atoms with Crippen LogP contribution in [0.4, 0.5) is 17.6 Å². The Labute approximate surface area is 122 Å². The number of halogens is 4. The maximum atomic E-state index is 13.7. The molecule has 0 aliphatic carbocycles. The van der Waals surface area contributed by atoms with Crippen LogP contribution < -0.4 is 14.2 Å². The third-order valence-electron chi connectivity index (χ3n) is 2.64. The number of aromatic hydroxyl groups is 1. The maximum absolute atomic E-state index is 13.7. The van der Waals surface area contributed by atoms with Crippen molar-refractivity contribution in [3.05, 3.63) is 47.5 Å². The first-order chi connectivity index (χ1) is 10.4. The van der Waals surface area contributed by atoms with Crippen LogP contribution in [0, 0.1) is 23.3 Å². The van der Waals surface area contributed by atoms with Crippen LogP contribution in [0.1, 0.15) is 0 Å². The average Bonchev–Trinajstić information content (AvgIpc) is 2.47. The van der Waals surface area contributed by atoms with E-state index in [-0.39, 0.29) is 11.5 Å². The van der Waals surface area contributed by atoms with Crippen molar-refractivity contribution in [2.75, 3.05) is 13.9 Å². The highest BCUT2D eigenvalue weighted by Gasteiger charge is 2.16. The molecule has 0 aliphatic rings. The van der Waals surface area contributed by atoms with Crippen molar-refractivity contribution in [2.45, 2.75) is 0 Å². The molecule has 0 saturated heterocycles. The molecule has 2 aromatic carbocycles. The minimum Gasteiger partial charge on any atom is -0.505 e. The Balaban J connectivity index is 2.06. The summed E-state index contributed by atoms with van der Waals surface area (Å²) < 4.78 is 67.2. The van der Waals surface area contributed by atoms with E-state index in [0.717, 1.165) is 25.3 Å². The second-order valence-electron chi connectivity index (χ2n) is 4.04. The van der Waals surface area contributed by atoms with Crippen LogP contribution in [0.15, 0.2) is 24.3 Å². The van der Waals surface area contributed by atoms with Crippen molar-refractivity contribution in [1.29, 1.82) is 0 Å². The van der Waals surface area contributed by atoms with Crippen LogP contribution in [0.5, 0.6) is 23.0 Å². The van der Waals surface area contributed by atoms with Crippen molar-refractivity contribution in [3.63, 3.8) is 0 Å².